The lowest BCUT2D eigenvalue weighted by atomic mass is 10.3. The number of carbonyl (C=O) groups is 3. The summed E-state index contributed by atoms with van der Waals surface area (Å²) in [6.07, 6.45) is -2.24. The molecule has 0 aliphatic rings. The second-order valence-electron chi connectivity index (χ2n) is 3.82. The first-order valence-corrected chi connectivity index (χ1v) is 7.73. The first kappa shape index (κ1) is 19.2. The van der Waals surface area contributed by atoms with Crippen molar-refractivity contribution in [3.8, 4) is 17.6 Å². The predicted octanol–water partition coefficient (Wildman–Crippen LogP) is 2.87. The summed E-state index contributed by atoms with van der Waals surface area (Å²) in [6, 6.07) is 1.75. The van der Waals surface area contributed by atoms with Gasteiger partial charge in [0, 0.05) is 0 Å². The molecular formula is C14H15NO8S. The van der Waals surface area contributed by atoms with E-state index in [9.17, 15) is 14.4 Å². The quantitative estimate of drug-likeness (QED) is 0.558. The summed E-state index contributed by atoms with van der Waals surface area (Å²) in [4.78, 5) is 34.7. The molecule has 1 rings (SSSR count). The molecule has 0 fully saturated rings. The molecule has 0 saturated heterocycles. The monoisotopic (exact) mass is 357 g/mol. The van der Waals surface area contributed by atoms with Crippen molar-refractivity contribution in [1.82, 2.24) is 0 Å². The number of ether oxygens (including phenoxy) is 5. The van der Waals surface area contributed by atoms with E-state index in [-0.39, 0.29) is 29.6 Å². The van der Waals surface area contributed by atoms with Crippen LogP contribution in [0, 0.1) is 11.3 Å². The van der Waals surface area contributed by atoms with Crippen molar-refractivity contribution in [2.24, 2.45) is 0 Å². The van der Waals surface area contributed by atoms with Gasteiger partial charge in [-0.15, -0.1) is 11.3 Å². The van der Waals surface area contributed by atoms with Gasteiger partial charge in [-0.05, 0) is 20.8 Å². The smallest absolute Gasteiger partial charge is 0.462 e. The van der Waals surface area contributed by atoms with Crippen LogP contribution in [0.4, 0.5) is 9.59 Å². The van der Waals surface area contributed by atoms with E-state index in [1.54, 1.807) is 26.8 Å². The number of thiophene rings is 1. The SMILES string of the molecule is CCOC(=O)Oc1c(C#N)sc(C(=O)OCC)c1OC(=O)OCC. The molecule has 130 valence electrons. The summed E-state index contributed by atoms with van der Waals surface area (Å²) in [5.41, 5.74) is 0. The molecule has 0 radical (unpaired) electrons. The molecule has 0 aliphatic carbocycles. The molecule has 10 heteroatoms. The van der Waals surface area contributed by atoms with Gasteiger partial charge >= 0.3 is 18.3 Å². The van der Waals surface area contributed by atoms with Crippen molar-refractivity contribution in [3.05, 3.63) is 9.75 Å². The molecule has 0 atom stereocenters. The summed E-state index contributed by atoms with van der Waals surface area (Å²) in [7, 11) is 0. The van der Waals surface area contributed by atoms with Gasteiger partial charge in [-0.1, -0.05) is 0 Å². The fourth-order valence-corrected chi connectivity index (χ4v) is 2.30. The number of esters is 1. The second kappa shape index (κ2) is 9.36. The Morgan fingerprint density at radius 1 is 0.917 bits per heavy atom. The summed E-state index contributed by atoms with van der Waals surface area (Å²) in [6.45, 7) is 4.81. The van der Waals surface area contributed by atoms with E-state index in [2.05, 4.69) is 9.47 Å². The van der Waals surface area contributed by atoms with Crippen LogP contribution >= 0.6 is 11.3 Å². The van der Waals surface area contributed by atoms with Crippen LogP contribution in [0.15, 0.2) is 0 Å². The lowest BCUT2D eigenvalue weighted by Gasteiger charge is -2.08. The van der Waals surface area contributed by atoms with Gasteiger partial charge in [0.2, 0.25) is 11.5 Å². The zero-order valence-electron chi connectivity index (χ0n) is 13.2. The fraction of sp³-hybridized carbons (Fsp3) is 0.429. The Bertz CT molecular complexity index is 660. The zero-order valence-corrected chi connectivity index (χ0v) is 14.1. The van der Waals surface area contributed by atoms with E-state index in [0.29, 0.717) is 11.3 Å². The minimum atomic E-state index is -1.13. The molecule has 24 heavy (non-hydrogen) atoms. The maximum atomic E-state index is 12.0. The van der Waals surface area contributed by atoms with Gasteiger partial charge in [-0.2, -0.15) is 5.26 Å². The maximum Gasteiger partial charge on any atom is 0.514 e. The van der Waals surface area contributed by atoms with Crippen molar-refractivity contribution in [1.29, 1.82) is 5.26 Å². The molecule has 0 unspecified atom stereocenters. The lowest BCUT2D eigenvalue weighted by molar-refractivity contribution is 0.0525. The Morgan fingerprint density at radius 2 is 1.42 bits per heavy atom. The third-order valence-electron chi connectivity index (χ3n) is 2.28. The molecule has 0 aliphatic heterocycles. The van der Waals surface area contributed by atoms with Gasteiger partial charge in [0.25, 0.3) is 0 Å². The Balaban J connectivity index is 3.30. The molecule has 0 amide bonds. The van der Waals surface area contributed by atoms with Crippen LogP contribution in [-0.4, -0.2) is 38.1 Å². The van der Waals surface area contributed by atoms with Crippen LogP contribution in [0.5, 0.6) is 11.5 Å². The maximum absolute atomic E-state index is 12.0. The van der Waals surface area contributed by atoms with Gasteiger partial charge in [0.05, 0.1) is 19.8 Å². The van der Waals surface area contributed by atoms with E-state index >= 15 is 0 Å². The highest BCUT2D eigenvalue weighted by Gasteiger charge is 2.31. The Hall–Kier alpha value is -2.80. The van der Waals surface area contributed by atoms with Crippen molar-refractivity contribution in [2.75, 3.05) is 19.8 Å². The third kappa shape index (κ3) is 4.85. The molecule has 0 bridgehead atoms. The van der Waals surface area contributed by atoms with Gasteiger partial charge in [-0.3, -0.25) is 0 Å². The Morgan fingerprint density at radius 3 is 1.88 bits per heavy atom. The molecular weight excluding hydrogens is 342 g/mol. The van der Waals surface area contributed by atoms with Crippen molar-refractivity contribution in [3.63, 3.8) is 0 Å². The predicted molar refractivity (Wildman–Crippen MR) is 80.3 cm³/mol. The molecule has 0 aromatic carbocycles. The highest BCUT2D eigenvalue weighted by atomic mass is 32.1. The summed E-state index contributed by atoms with van der Waals surface area (Å²) in [5, 5.41) is 9.15. The third-order valence-corrected chi connectivity index (χ3v) is 3.32. The standard InChI is InChI=1S/C14H15NO8S/c1-4-19-12(16)11-10(23-14(18)21-6-3)9(8(7-15)24-11)22-13(17)20-5-2/h4-6H2,1-3H3. The van der Waals surface area contributed by atoms with E-state index in [1.807, 2.05) is 0 Å². The Kier molecular flexibility index (Phi) is 7.51. The molecule has 0 saturated carbocycles. The fourth-order valence-electron chi connectivity index (χ4n) is 1.45. The number of hydrogen-bond donors (Lipinski definition) is 0. The van der Waals surface area contributed by atoms with Crippen LogP contribution in [0.1, 0.15) is 35.3 Å². The van der Waals surface area contributed by atoms with Crippen LogP contribution in [0.3, 0.4) is 0 Å². The van der Waals surface area contributed by atoms with Crippen LogP contribution in [0.2, 0.25) is 0 Å². The average molecular weight is 357 g/mol. The molecule has 0 N–H and O–H groups in total. The number of carbonyl (C=O) groups excluding carboxylic acids is 3. The number of rotatable bonds is 6. The normalized spacial score (nSPS) is 9.58. The van der Waals surface area contributed by atoms with Gasteiger partial charge in [0.15, 0.2) is 9.75 Å². The van der Waals surface area contributed by atoms with Crippen LogP contribution in [0.25, 0.3) is 0 Å². The number of nitrogens with zero attached hydrogens (tertiary/aromatic N) is 1. The van der Waals surface area contributed by atoms with Crippen molar-refractivity contribution >= 4 is 29.6 Å². The van der Waals surface area contributed by atoms with Gasteiger partial charge in [0.1, 0.15) is 6.07 Å². The van der Waals surface area contributed by atoms with Crippen molar-refractivity contribution in [2.45, 2.75) is 20.8 Å². The highest BCUT2D eigenvalue weighted by Crippen LogP contribution is 2.43. The Labute approximate surface area is 141 Å². The van der Waals surface area contributed by atoms with Gasteiger partial charge < -0.3 is 23.7 Å². The average Bonchev–Trinajstić information content (AvgIpc) is 2.86. The molecule has 9 nitrogen and oxygen atoms in total. The number of nitriles is 1. The lowest BCUT2D eigenvalue weighted by Crippen LogP contribution is -2.15. The molecule has 1 aromatic rings. The largest absolute Gasteiger partial charge is 0.514 e. The van der Waals surface area contributed by atoms with Gasteiger partial charge in [-0.25, -0.2) is 14.4 Å². The summed E-state index contributed by atoms with van der Waals surface area (Å²) >= 11 is 0.653. The highest BCUT2D eigenvalue weighted by molar-refractivity contribution is 7.15. The van der Waals surface area contributed by atoms with E-state index < -0.39 is 29.8 Å². The minimum Gasteiger partial charge on any atom is -0.462 e. The van der Waals surface area contributed by atoms with Crippen molar-refractivity contribution < 1.29 is 38.1 Å². The molecule has 0 spiro atoms. The van der Waals surface area contributed by atoms with E-state index in [1.165, 1.54) is 0 Å². The summed E-state index contributed by atoms with van der Waals surface area (Å²) < 4.78 is 23.9. The first-order valence-electron chi connectivity index (χ1n) is 6.91. The zero-order chi connectivity index (χ0) is 18.1. The van der Waals surface area contributed by atoms with Crippen LogP contribution in [-0.2, 0) is 14.2 Å². The van der Waals surface area contributed by atoms with E-state index in [4.69, 9.17) is 19.5 Å². The first-order chi connectivity index (χ1) is 11.5. The van der Waals surface area contributed by atoms with E-state index in [0.717, 1.165) is 0 Å². The molecule has 1 heterocycles. The minimum absolute atomic E-state index is 0.0247. The topological polar surface area (TPSA) is 121 Å². The number of hydrogen-bond acceptors (Lipinski definition) is 10. The second-order valence-corrected chi connectivity index (χ2v) is 4.84. The molecule has 1 aromatic heterocycles. The summed E-state index contributed by atoms with van der Waals surface area (Å²) in [5.74, 6) is -1.67. The van der Waals surface area contributed by atoms with Crippen LogP contribution < -0.4 is 9.47 Å².